The summed E-state index contributed by atoms with van der Waals surface area (Å²) in [6, 6.07) is 53.0. The summed E-state index contributed by atoms with van der Waals surface area (Å²) in [5, 5.41) is 6.71. The fraction of sp³-hybridized carbons (Fsp3) is 0. The first-order valence-electron chi connectivity index (χ1n) is 14.5. The molecule has 0 amide bonds. The van der Waals surface area contributed by atoms with Gasteiger partial charge in [-0.25, -0.2) is 0 Å². The number of para-hydroxylation sites is 3. The maximum Gasteiger partial charge on any atom is 0.160 e. The number of hydrogen-bond acceptors (Lipinski definition) is 3. The minimum atomic E-state index is 0.837. The second-order valence-corrected chi connectivity index (χ2v) is 10.9. The van der Waals surface area contributed by atoms with Gasteiger partial charge in [-0.15, -0.1) is 0 Å². The number of hydrogen-bond donors (Lipinski definition) is 0. The molecule has 7 aromatic carbocycles. The maximum atomic E-state index is 6.76. The van der Waals surface area contributed by atoms with Gasteiger partial charge in [-0.3, -0.25) is 0 Å². The van der Waals surface area contributed by atoms with Crippen LogP contribution in [0.25, 0.3) is 65.8 Å². The van der Waals surface area contributed by atoms with Gasteiger partial charge in [-0.1, -0.05) is 115 Å². The normalized spacial score (nSPS) is 11.7. The lowest BCUT2D eigenvalue weighted by Crippen LogP contribution is -2.12. The van der Waals surface area contributed by atoms with Crippen molar-refractivity contribution in [3.05, 3.63) is 152 Å². The zero-order valence-electron chi connectivity index (χ0n) is 23.2. The minimum Gasteiger partial charge on any atom is -0.454 e. The molecule has 0 saturated carbocycles. The van der Waals surface area contributed by atoms with Crippen LogP contribution in [-0.2, 0) is 0 Å². The molecule has 0 aliphatic rings. The van der Waals surface area contributed by atoms with Crippen LogP contribution in [0.5, 0.6) is 0 Å². The van der Waals surface area contributed by atoms with Gasteiger partial charge >= 0.3 is 0 Å². The summed E-state index contributed by atoms with van der Waals surface area (Å²) in [7, 11) is 0. The number of nitrogens with zero attached hydrogens (tertiary/aromatic N) is 1. The SMILES string of the molecule is c1ccc(-c2ccc3c(oc4ccccc43)c2N(c2ccc3ccccc3c2)c2cccc3c2oc2ccccc23)cc1. The van der Waals surface area contributed by atoms with E-state index in [1.807, 2.05) is 24.3 Å². The van der Waals surface area contributed by atoms with Crippen LogP contribution in [0.3, 0.4) is 0 Å². The summed E-state index contributed by atoms with van der Waals surface area (Å²) in [6.45, 7) is 0. The summed E-state index contributed by atoms with van der Waals surface area (Å²) in [5.74, 6) is 0. The predicted octanol–water partition coefficient (Wildman–Crippen LogP) is 11.8. The zero-order chi connectivity index (χ0) is 28.3. The van der Waals surface area contributed by atoms with Crippen LogP contribution in [0.15, 0.2) is 160 Å². The van der Waals surface area contributed by atoms with Crippen LogP contribution < -0.4 is 4.90 Å². The average molecular weight is 552 g/mol. The molecule has 202 valence electrons. The van der Waals surface area contributed by atoms with Crippen molar-refractivity contribution in [2.75, 3.05) is 4.90 Å². The summed E-state index contributed by atoms with van der Waals surface area (Å²) in [5.41, 5.74) is 8.55. The molecule has 0 bridgehead atoms. The molecule has 0 aliphatic carbocycles. The van der Waals surface area contributed by atoms with Gasteiger partial charge in [0.2, 0.25) is 0 Å². The lowest BCUT2D eigenvalue weighted by atomic mass is 9.98. The molecule has 9 aromatic rings. The van der Waals surface area contributed by atoms with Crippen LogP contribution in [0.1, 0.15) is 0 Å². The van der Waals surface area contributed by atoms with E-state index < -0.39 is 0 Å². The Hall–Kier alpha value is -5.80. The van der Waals surface area contributed by atoms with E-state index in [0.29, 0.717) is 0 Å². The number of benzene rings is 7. The van der Waals surface area contributed by atoms with E-state index in [0.717, 1.165) is 72.1 Å². The minimum absolute atomic E-state index is 0.837. The Morgan fingerprint density at radius 2 is 1.05 bits per heavy atom. The molecule has 0 atom stereocenters. The van der Waals surface area contributed by atoms with E-state index in [-0.39, 0.29) is 0 Å². The fourth-order valence-corrected chi connectivity index (χ4v) is 6.46. The van der Waals surface area contributed by atoms with Crippen molar-refractivity contribution in [3.63, 3.8) is 0 Å². The van der Waals surface area contributed by atoms with Gasteiger partial charge in [0.1, 0.15) is 11.2 Å². The summed E-state index contributed by atoms with van der Waals surface area (Å²) in [6.07, 6.45) is 0. The van der Waals surface area contributed by atoms with Crippen LogP contribution in [-0.4, -0.2) is 0 Å². The molecule has 2 aromatic heterocycles. The van der Waals surface area contributed by atoms with Gasteiger partial charge in [-0.2, -0.15) is 0 Å². The van der Waals surface area contributed by atoms with Crippen molar-refractivity contribution in [1.82, 2.24) is 0 Å². The van der Waals surface area contributed by atoms with Crippen molar-refractivity contribution < 1.29 is 8.83 Å². The Morgan fingerprint density at radius 3 is 1.84 bits per heavy atom. The molecule has 3 nitrogen and oxygen atoms in total. The third-order valence-electron chi connectivity index (χ3n) is 8.44. The molecule has 9 rings (SSSR count). The molecule has 0 N–H and O–H groups in total. The van der Waals surface area contributed by atoms with Gasteiger partial charge in [0.25, 0.3) is 0 Å². The zero-order valence-corrected chi connectivity index (χ0v) is 23.2. The van der Waals surface area contributed by atoms with Crippen LogP contribution in [0, 0.1) is 0 Å². The lowest BCUT2D eigenvalue weighted by molar-refractivity contribution is 0.666. The molecule has 0 saturated heterocycles. The smallest absolute Gasteiger partial charge is 0.160 e. The fourth-order valence-electron chi connectivity index (χ4n) is 6.46. The highest BCUT2D eigenvalue weighted by molar-refractivity contribution is 6.16. The maximum absolute atomic E-state index is 6.76. The van der Waals surface area contributed by atoms with Crippen molar-refractivity contribution in [3.8, 4) is 11.1 Å². The first-order chi connectivity index (χ1) is 21.3. The van der Waals surface area contributed by atoms with Gasteiger partial charge in [0.05, 0.1) is 11.4 Å². The van der Waals surface area contributed by atoms with Gasteiger partial charge in [0.15, 0.2) is 11.2 Å². The number of rotatable bonds is 4. The van der Waals surface area contributed by atoms with Gasteiger partial charge in [-0.05, 0) is 52.7 Å². The molecule has 3 heteroatoms. The number of furan rings is 2. The highest BCUT2D eigenvalue weighted by atomic mass is 16.3. The lowest BCUT2D eigenvalue weighted by Gasteiger charge is -2.28. The monoisotopic (exact) mass is 551 g/mol. The molecule has 0 unspecified atom stereocenters. The van der Waals surface area contributed by atoms with E-state index in [1.165, 1.54) is 10.8 Å². The third-order valence-corrected chi connectivity index (χ3v) is 8.44. The van der Waals surface area contributed by atoms with Crippen molar-refractivity contribution >= 4 is 71.7 Å². The Bertz CT molecular complexity index is 2470. The average Bonchev–Trinajstić information content (AvgIpc) is 3.64. The first kappa shape index (κ1) is 23.9. The summed E-state index contributed by atoms with van der Waals surface area (Å²) >= 11 is 0. The van der Waals surface area contributed by atoms with E-state index >= 15 is 0 Å². The van der Waals surface area contributed by atoms with Crippen LogP contribution in [0.2, 0.25) is 0 Å². The number of fused-ring (bicyclic) bond motifs is 7. The van der Waals surface area contributed by atoms with Crippen molar-refractivity contribution in [2.24, 2.45) is 0 Å². The topological polar surface area (TPSA) is 29.5 Å². The van der Waals surface area contributed by atoms with Crippen molar-refractivity contribution in [2.45, 2.75) is 0 Å². The molecule has 0 aliphatic heterocycles. The Labute approximate surface area is 247 Å². The Morgan fingerprint density at radius 1 is 0.419 bits per heavy atom. The molecular weight excluding hydrogens is 526 g/mol. The Kier molecular flexibility index (Phi) is 5.20. The molecule has 0 spiro atoms. The highest BCUT2D eigenvalue weighted by Gasteiger charge is 2.26. The third kappa shape index (κ3) is 3.68. The standard InChI is InChI=1S/C40H25NO2/c1-2-12-27(13-3-1)30-23-24-34-32-16-7-9-20-37(32)43-40(34)38(30)41(29-22-21-26-11-4-5-14-28(26)25-29)35-18-10-17-33-31-15-6-8-19-36(31)42-39(33)35/h1-25H. The van der Waals surface area contributed by atoms with Crippen LogP contribution in [0.4, 0.5) is 17.1 Å². The summed E-state index contributed by atoms with van der Waals surface area (Å²) in [4.78, 5) is 2.32. The quantitative estimate of drug-likeness (QED) is 0.218. The van der Waals surface area contributed by atoms with E-state index in [4.69, 9.17) is 8.83 Å². The number of anilines is 3. The Balaban J connectivity index is 1.45. The predicted molar refractivity (Wildman–Crippen MR) is 179 cm³/mol. The molecule has 0 radical (unpaired) electrons. The van der Waals surface area contributed by atoms with Gasteiger partial charge in [0, 0.05) is 32.8 Å². The molecule has 2 heterocycles. The first-order valence-corrected chi connectivity index (χ1v) is 14.5. The van der Waals surface area contributed by atoms with E-state index in [9.17, 15) is 0 Å². The van der Waals surface area contributed by atoms with Gasteiger partial charge < -0.3 is 13.7 Å². The molecule has 43 heavy (non-hydrogen) atoms. The molecule has 0 fully saturated rings. The highest BCUT2D eigenvalue weighted by Crippen LogP contribution is 2.50. The van der Waals surface area contributed by atoms with Crippen LogP contribution >= 0.6 is 0 Å². The second kappa shape index (κ2) is 9.37. The summed E-state index contributed by atoms with van der Waals surface area (Å²) < 4.78 is 13.4. The van der Waals surface area contributed by atoms with Crippen molar-refractivity contribution in [1.29, 1.82) is 0 Å². The van der Waals surface area contributed by atoms with E-state index in [2.05, 4.69) is 132 Å². The van der Waals surface area contributed by atoms with E-state index in [1.54, 1.807) is 0 Å². The molecular formula is C40H25NO2. The largest absolute Gasteiger partial charge is 0.454 e. The second-order valence-electron chi connectivity index (χ2n) is 10.9.